The summed E-state index contributed by atoms with van der Waals surface area (Å²) >= 11 is 4.59. The largest absolute Gasteiger partial charge is 0.469 e. The Labute approximate surface area is 165 Å². The summed E-state index contributed by atoms with van der Waals surface area (Å²) in [5.41, 5.74) is 1.28. The van der Waals surface area contributed by atoms with Gasteiger partial charge < -0.3 is 4.74 Å². The minimum absolute atomic E-state index is 0.0534. The van der Waals surface area contributed by atoms with Crippen molar-refractivity contribution in [3.63, 3.8) is 0 Å². The highest BCUT2D eigenvalue weighted by atomic mass is 127. The second-order valence-electron chi connectivity index (χ2n) is 6.30. The van der Waals surface area contributed by atoms with Crippen LogP contribution in [-0.2, 0) is 9.53 Å². The zero-order valence-electron chi connectivity index (χ0n) is 13.1. The molecule has 2 aliphatic heterocycles. The van der Waals surface area contributed by atoms with Gasteiger partial charge in [-0.25, -0.2) is 0 Å². The minimum atomic E-state index is -0.0542. The van der Waals surface area contributed by atoms with Gasteiger partial charge in [-0.15, -0.1) is 0 Å². The molecule has 2 saturated heterocycles. The van der Waals surface area contributed by atoms with Crippen LogP contribution in [0.4, 0.5) is 0 Å². The van der Waals surface area contributed by atoms with Crippen molar-refractivity contribution in [1.29, 1.82) is 0 Å². The number of carbonyl (C=O) groups is 1. The van der Waals surface area contributed by atoms with Crippen LogP contribution in [0.1, 0.15) is 30.7 Å². The fourth-order valence-corrected chi connectivity index (χ4v) is 4.86. The molecule has 0 amide bonds. The van der Waals surface area contributed by atoms with E-state index < -0.39 is 0 Å². The van der Waals surface area contributed by atoms with Crippen molar-refractivity contribution in [3.05, 3.63) is 43.6 Å². The third kappa shape index (κ3) is 3.61. The number of carbonyl (C=O) groups excluding carboxylic acids is 1. The fourth-order valence-electron chi connectivity index (χ4n) is 4.27. The van der Waals surface area contributed by atoms with Crippen LogP contribution in [0, 0.1) is 9.49 Å². The molecule has 3 nitrogen and oxygen atoms in total. The summed E-state index contributed by atoms with van der Waals surface area (Å²) in [5.74, 6) is 0.167. The Morgan fingerprint density at radius 2 is 2.09 bits per heavy atom. The lowest BCUT2D eigenvalue weighted by Crippen LogP contribution is -2.50. The van der Waals surface area contributed by atoms with Crippen LogP contribution in [0.25, 0.3) is 0 Å². The van der Waals surface area contributed by atoms with E-state index in [2.05, 4.69) is 84.5 Å². The second kappa shape index (κ2) is 7.82. The molecular formula is C18H21I2NO2. The number of hydrogen-bond donors (Lipinski definition) is 0. The van der Waals surface area contributed by atoms with Gasteiger partial charge in [0.05, 0.1) is 13.0 Å². The molecule has 0 N–H and O–H groups in total. The highest BCUT2D eigenvalue weighted by molar-refractivity contribution is 14.1. The number of benzene rings is 1. The van der Waals surface area contributed by atoms with Gasteiger partial charge in [-0.3, -0.25) is 9.69 Å². The molecular weight excluding hydrogens is 516 g/mol. The Hall–Kier alpha value is -0.150. The maximum Gasteiger partial charge on any atom is 0.310 e. The minimum Gasteiger partial charge on any atom is -0.469 e. The molecule has 0 aliphatic carbocycles. The molecule has 0 saturated carbocycles. The smallest absolute Gasteiger partial charge is 0.310 e. The predicted molar refractivity (Wildman–Crippen MR) is 109 cm³/mol. The number of halogens is 2. The Morgan fingerprint density at radius 1 is 1.35 bits per heavy atom. The number of hydrogen-bond acceptors (Lipinski definition) is 3. The van der Waals surface area contributed by atoms with E-state index in [4.69, 9.17) is 4.74 Å². The number of ether oxygens (including phenoxy) is 1. The van der Waals surface area contributed by atoms with Gasteiger partial charge in [-0.2, -0.15) is 0 Å². The highest BCUT2D eigenvalue weighted by Crippen LogP contribution is 2.47. The van der Waals surface area contributed by atoms with E-state index in [1.807, 2.05) is 0 Å². The molecule has 2 bridgehead atoms. The summed E-state index contributed by atoms with van der Waals surface area (Å²) in [5, 5.41) is 0. The average Bonchev–Trinajstić information content (AvgIpc) is 2.84. The van der Waals surface area contributed by atoms with Crippen LogP contribution < -0.4 is 0 Å². The standard InChI is InChI=1S/C18H21I2NO2/c1-23-18(22)17-15(12-3-5-13(20)6-4-12)11-14-7-8-16(17)21(14)10-2-9-19/h2-6,9,14-17H,7-8,10-11H2,1H3/b9-2+/t14-,15?,16?,17+/m1/s1. The molecule has 124 valence electrons. The van der Waals surface area contributed by atoms with Crippen molar-refractivity contribution in [3.8, 4) is 0 Å². The van der Waals surface area contributed by atoms with E-state index in [0.717, 1.165) is 19.4 Å². The molecule has 2 aliphatic rings. The van der Waals surface area contributed by atoms with Crippen LogP contribution in [0.15, 0.2) is 34.4 Å². The topological polar surface area (TPSA) is 29.5 Å². The van der Waals surface area contributed by atoms with E-state index >= 15 is 0 Å². The summed E-state index contributed by atoms with van der Waals surface area (Å²) in [4.78, 5) is 15.1. The van der Waals surface area contributed by atoms with Crippen LogP contribution in [0.3, 0.4) is 0 Å². The summed E-state index contributed by atoms with van der Waals surface area (Å²) < 4.78 is 8.48. The molecule has 5 heteroatoms. The number of methoxy groups -OCH3 is 1. The van der Waals surface area contributed by atoms with Crippen molar-refractivity contribution in [2.75, 3.05) is 13.7 Å². The lowest BCUT2D eigenvalue weighted by molar-refractivity contribution is -0.150. The van der Waals surface area contributed by atoms with Gasteiger partial charge in [0.25, 0.3) is 0 Å². The van der Waals surface area contributed by atoms with Gasteiger partial charge in [0.2, 0.25) is 0 Å². The number of nitrogens with zero attached hydrogens (tertiary/aromatic N) is 1. The first kappa shape index (κ1) is 17.7. The maximum absolute atomic E-state index is 12.6. The molecule has 0 aromatic heterocycles. The second-order valence-corrected chi connectivity index (χ2v) is 8.26. The molecule has 2 unspecified atom stereocenters. The maximum atomic E-state index is 12.6. The third-order valence-corrected chi connectivity index (χ3v) is 6.47. The van der Waals surface area contributed by atoms with Crippen LogP contribution in [0.2, 0.25) is 0 Å². The molecule has 4 atom stereocenters. The fraction of sp³-hybridized carbons (Fsp3) is 0.500. The van der Waals surface area contributed by atoms with E-state index in [1.54, 1.807) is 0 Å². The Balaban J connectivity index is 1.91. The zero-order chi connectivity index (χ0) is 16.4. The van der Waals surface area contributed by atoms with E-state index in [9.17, 15) is 4.79 Å². The summed E-state index contributed by atoms with van der Waals surface area (Å²) in [6.07, 6.45) is 5.52. The number of esters is 1. The third-order valence-electron chi connectivity index (χ3n) is 5.24. The summed E-state index contributed by atoms with van der Waals surface area (Å²) in [7, 11) is 1.52. The van der Waals surface area contributed by atoms with Gasteiger partial charge in [0, 0.05) is 28.1 Å². The first-order valence-electron chi connectivity index (χ1n) is 8.00. The number of rotatable bonds is 4. The van der Waals surface area contributed by atoms with E-state index in [1.165, 1.54) is 22.7 Å². The van der Waals surface area contributed by atoms with Gasteiger partial charge in [-0.05, 0) is 63.6 Å². The van der Waals surface area contributed by atoms with Gasteiger partial charge in [0.1, 0.15) is 0 Å². The van der Waals surface area contributed by atoms with E-state index in [-0.39, 0.29) is 17.8 Å². The predicted octanol–water partition coefficient (Wildman–Crippen LogP) is 4.35. The Bertz CT molecular complexity index is 587. The molecule has 2 fully saturated rings. The normalized spacial score (nSPS) is 30.7. The van der Waals surface area contributed by atoms with Crippen molar-refractivity contribution < 1.29 is 9.53 Å². The average molecular weight is 537 g/mol. The van der Waals surface area contributed by atoms with Gasteiger partial charge in [-0.1, -0.05) is 40.8 Å². The molecule has 0 spiro atoms. The molecule has 23 heavy (non-hydrogen) atoms. The lowest BCUT2D eigenvalue weighted by atomic mass is 9.76. The van der Waals surface area contributed by atoms with Crippen molar-refractivity contribution in [2.24, 2.45) is 5.92 Å². The van der Waals surface area contributed by atoms with E-state index in [0.29, 0.717) is 12.1 Å². The van der Waals surface area contributed by atoms with Crippen LogP contribution in [-0.4, -0.2) is 36.6 Å². The molecule has 0 radical (unpaired) electrons. The Kier molecular flexibility index (Phi) is 6.01. The highest BCUT2D eigenvalue weighted by Gasteiger charge is 2.50. The summed E-state index contributed by atoms with van der Waals surface area (Å²) in [6.45, 7) is 0.936. The quantitative estimate of drug-likeness (QED) is 0.423. The van der Waals surface area contributed by atoms with Crippen LogP contribution in [0.5, 0.6) is 0 Å². The molecule has 3 rings (SSSR count). The SMILES string of the molecule is COC(=O)[C@H]1C(c2ccc(I)cc2)C[C@H]2CCC1N2C/C=C/I. The van der Waals surface area contributed by atoms with Crippen molar-refractivity contribution in [1.82, 2.24) is 4.90 Å². The van der Waals surface area contributed by atoms with Gasteiger partial charge >= 0.3 is 5.97 Å². The first-order valence-corrected chi connectivity index (χ1v) is 10.3. The monoisotopic (exact) mass is 537 g/mol. The summed E-state index contributed by atoms with van der Waals surface area (Å²) in [6, 6.07) is 9.52. The van der Waals surface area contributed by atoms with Crippen molar-refractivity contribution >= 4 is 51.2 Å². The molecule has 1 aromatic rings. The van der Waals surface area contributed by atoms with Gasteiger partial charge in [0.15, 0.2) is 0 Å². The van der Waals surface area contributed by atoms with Crippen LogP contribution >= 0.6 is 45.2 Å². The number of piperidine rings is 1. The Morgan fingerprint density at radius 3 is 2.74 bits per heavy atom. The first-order chi connectivity index (χ1) is 11.2. The zero-order valence-corrected chi connectivity index (χ0v) is 17.4. The molecule has 1 aromatic carbocycles. The number of fused-ring (bicyclic) bond motifs is 2. The van der Waals surface area contributed by atoms with Crippen molar-refractivity contribution in [2.45, 2.75) is 37.3 Å². The molecule has 2 heterocycles. The lowest BCUT2D eigenvalue weighted by Gasteiger charge is -2.43.